The van der Waals surface area contributed by atoms with Crippen LogP contribution in [-0.4, -0.2) is 51.0 Å². The van der Waals surface area contributed by atoms with E-state index >= 15 is 0 Å². The number of aromatic nitrogens is 5. The third kappa shape index (κ3) is 3.47. The maximum absolute atomic E-state index is 13.3. The highest BCUT2D eigenvalue weighted by atomic mass is 19.4. The van der Waals surface area contributed by atoms with Crippen LogP contribution in [0.3, 0.4) is 0 Å². The first-order chi connectivity index (χ1) is 13.6. The Morgan fingerprint density at radius 2 is 1.79 bits per heavy atom. The number of hydrogen-bond donors (Lipinski definition) is 0. The van der Waals surface area contributed by atoms with Gasteiger partial charge in [-0.2, -0.15) is 17.7 Å². The monoisotopic (exact) mass is 405 g/mol. The molecule has 3 aromatic heterocycles. The van der Waals surface area contributed by atoms with E-state index in [0.29, 0.717) is 18.7 Å². The predicted molar refractivity (Wildman–Crippen MR) is 103 cm³/mol. The fraction of sp³-hybridized carbons (Fsp3) is 0.474. The van der Waals surface area contributed by atoms with Crippen LogP contribution in [0.25, 0.3) is 5.65 Å². The van der Waals surface area contributed by atoms with E-state index < -0.39 is 11.7 Å². The summed E-state index contributed by atoms with van der Waals surface area (Å²) >= 11 is 0. The zero-order valence-electron chi connectivity index (χ0n) is 16.6. The van der Waals surface area contributed by atoms with Crippen molar-refractivity contribution in [2.24, 2.45) is 0 Å². The lowest BCUT2D eigenvalue weighted by Crippen LogP contribution is -2.59. The molecule has 0 unspecified atom stereocenters. The molecule has 0 radical (unpaired) electrons. The molecule has 1 aliphatic heterocycles. The fourth-order valence-corrected chi connectivity index (χ4v) is 3.38. The van der Waals surface area contributed by atoms with Crippen molar-refractivity contribution in [2.45, 2.75) is 38.4 Å². The summed E-state index contributed by atoms with van der Waals surface area (Å²) in [5.74, 6) is 1.44. The van der Waals surface area contributed by atoms with Crippen LogP contribution in [-0.2, 0) is 11.6 Å². The van der Waals surface area contributed by atoms with Crippen molar-refractivity contribution in [1.29, 1.82) is 0 Å². The highest BCUT2D eigenvalue weighted by molar-refractivity contribution is 5.53. The molecule has 3 aromatic rings. The molecule has 0 aliphatic carbocycles. The van der Waals surface area contributed by atoms with Gasteiger partial charge in [0.2, 0.25) is 0 Å². The van der Waals surface area contributed by atoms with E-state index in [9.17, 15) is 13.2 Å². The molecule has 0 spiro atoms. The molecule has 0 aromatic carbocycles. The largest absolute Gasteiger partial charge is 0.419 e. The first-order valence-electron chi connectivity index (χ1n) is 9.28. The lowest BCUT2D eigenvalue weighted by molar-refractivity contribution is -0.137. The summed E-state index contributed by atoms with van der Waals surface area (Å²) in [5, 5.41) is 13.0. The van der Waals surface area contributed by atoms with E-state index in [-0.39, 0.29) is 17.3 Å². The smallest absolute Gasteiger partial charge is 0.353 e. The number of likely N-dealkylation sites (N-methyl/N-ethyl adjacent to an activating group) is 1. The Bertz CT molecular complexity index is 1030. The minimum Gasteiger partial charge on any atom is -0.353 e. The van der Waals surface area contributed by atoms with Crippen molar-refractivity contribution in [2.75, 3.05) is 29.9 Å². The van der Waals surface area contributed by atoms with Crippen LogP contribution in [0, 0.1) is 0 Å². The van der Waals surface area contributed by atoms with Crippen LogP contribution in [0.5, 0.6) is 0 Å². The average molecular weight is 405 g/mol. The van der Waals surface area contributed by atoms with Gasteiger partial charge in [-0.25, -0.2) is 4.98 Å². The van der Waals surface area contributed by atoms with Gasteiger partial charge in [0.05, 0.1) is 11.6 Å². The average Bonchev–Trinajstić information content (AvgIpc) is 3.03. The molecular weight excluding hydrogens is 383 g/mol. The lowest BCUT2D eigenvalue weighted by Gasteiger charge is -2.45. The van der Waals surface area contributed by atoms with Crippen molar-refractivity contribution < 1.29 is 13.2 Å². The van der Waals surface area contributed by atoms with Crippen molar-refractivity contribution in [1.82, 2.24) is 24.8 Å². The number of anilines is 2. The van der Waals surface area contributed by atoms with Crippen molar-refractivity contribution in [3.8, 4) is 0 Å². The summed E-state index contributed by atoms with van der Waals surface area (Å²) < 4.78 is 41.6. The second-order valence-electron chi connectivity index (χ2n) is 8.28. The molecule has 0 atom stereocenters. The third-order valence-corrected chi connectivity index (χ3v) is 5.08. The van der Waals surface area contributed by atoms with Gasteiger partial charge in [0, 0.05) is 31.7 Å². The predicted octanol–water partition coefficient (Wildman–Crippen LogP) is 3.16. The zero-order chi connectivity index (χ0) is 21.0. The number of hydrogen-bond acceptors (Lipinski definition) is 6. The Balaban J connectivity index is 1.53. The molecule has 4 rings (SSSR count). The SMILES string of the molecule is CN(c1ncccc1C(F)(F)F)C1CN(c2ccc3nnc(C(C)(C)C)n3n2)C1. The third-order valence-electron chi connectivity index (χ3n) is 5.08. The number of rotatable bonds is 3. The minimum absolute atomic E-state index is 0.0538. The molecule has 10 heteroatoms. The molecule has 4 heterocycles. The number of fused-ring (bicyclic) bond motifs is 1. The Hall–Kier alpha value is -2.91. The number of nitrogens with zero attached hydrogens (tertiary/aromatic N) is 7. The molecule has 7 nitrogen and oxygen atoms in total. The topological polar surface area (TPSA) is 62.5 Å². The fourth-order valence-electron chi connectivity index (χ4n) is 3.38. The molecular formula is C19H22F3N7. The molecule has 154 valence electrons. The van der Waals surface area contributed by atoms with Gasteiger partial charge < -0.3 is 9.80 Å². The van der Waals surface area contributed by atoms with Crippen LogP contribution in [0.4, 0.5) is 24.8 Å². The standard InChI is InChI=1S/C19H22F3N7/c1-18(2,3)17-25-24-14-7-8-15(26-29(14)17)28-10-12(11-28)27(4)16-13(19(20,21)22)6-5-9-23-16/h5-9,12H,10-11H2,1-4H3. The van der Waals surface area contributed by atoms with Gasteiger partial charge in [0.25, 0.3) is 0 Å². The van der Waals surface area contributed by atoms with Crippen LogP contribution < -0.4 is 9.80 Å². The Morgan fingerprint density at radius 3 is 2.45 bits per heavy atom. The van der Waals surface area contributed by atoms with Crippen molar-refractivity contribution >= 4 is 17.3 Å². The normalized spacial score (nSPS) is 15.6. The van der Waals surface area contributed by atoms with Gasteiger partial charge in [-0.05, 0) is 24.3 Å². The van der Waals surface area contributed by atoms with E-state index in [2.05, 4.69) is 20.3 Å². The first kappa shape index (κ1) is 19.4. The Kier molecular flexibility index (Phi) is 4.39. The van der Waals surface area contributed by atoms with E-state index in [0.717, 1.165) is 17.7 Å². The second kappa shape index (κ2) is 6.57. The van der Waals surface area contributed by atoms with Crippen LogP contribution in [0.1, 0.15) is 32.2 Å². The van der Waals surface area contributed by atoms with Crippen LogP contribution >= 0.6 is 0 Å². The van der Waals surface area contributed by atoms with Crippen molar-refractivity contribution in [3.63, 3.8) is 0 Å². The molecule has 1 aliphatic rings. The second-order valence-corrected chi connectivity index (χ2v) is 8.28. The number of alkyl halides is 3. The van der Waals surface area contributed by atoms with Crippen molar-refractivity contribution in [3.05, 3.63) is 41.9 Å². The van der Waals surface area contributed by atoms with Gasteiger partial charge in [-0.1, -0.05) is 20.8 Å². The van der Waals surface area contributed by atoms with Gasteiger partial charge in [0.15, 0.2) is 11.5 Å². The Morgan fingerprint density at radius 1 is 1.07 bits per heavy atom. The molecule has 0 amide bonds. The molecule has 0 saturated carbocycles. The van der Waals surface area contributed by atoms with Gasteiger partial charge in [-0.15, -0.1) is 15.3 Å². The van der Waals surface area contributed by atoms with Gasteiger partial charge in [0.1, 0.15) is 11.6 Å². The summed E-state index contributed by atoms with van der Waals surface area (Å²) in [4.78, 5) is 7.58. The molecule has 29 heavy (non-hydrogen) atoms. The number of halogens is 3. The minimum atomic E-state index is -4.44. The van der Waals surface area contributed by atoms with Crippen LogP contribution in [0.2, 0.25) is 0 Å². The van der Waals surface area contributed by atoms with Gasteiger partial charge in [-0.3, -0.25) is 0 Å². The zero-order valence-corrected chi connectivity index (χ0v) is 16.6. The highest BCUT2D eigenvalue weighted by Crippen LogP contribution is 2.36. The van der Waals surface area contributed by atoms with Crippen LogP contribution in [0.15, 0.2) is 30.5 Å². The number of pyridine rings is 1. The Labute approximate surface area is 166 Å². The summed E-state index contributed by atoms with van der Waals surface area (Å²) in [6.45, 7) is 7.22. The maximum atomic E-state index is 13.3. The molecule has 0 N–H and O–H groups in total. The van der Waals surface area contributed by atoms with Gasteiger partial charge >= 0.3 is 6.18 Å². The quantitative estimate of drug-likeness (QED) is 0.667. The van der Waals surface area contributed by atoms with E-state index in [1.807, 2.05) is 37.8 Å². The molecule has 1 saturated heterocycles. The van der Waals surface area contributed by atoms with E-state index in [1.54, 1.807) is 16.5 Å². The van der Waals surface area contributed by atoms with E-state index in [1.165, 1.54) is 12.3 Å². The van der Waals surface area contributed by atoms with E-state index in [4.69, 9.17) is 0 Å². The lowest BCUT2D eigenvalue weighted by atomic mass is 9.96. The summed E-state index contributed by atoms with van der Waals surface area (Å²) in [7, 11) is 1.65. The first-order valence-corrected chi connectivity index (χ1v) is 9.28. The molecule has 1 fully saturated rings. The maximum Gasteiger partial charge on any atom is 0.419 e. The summed E-state index contributed by atoms with van der Waals surface area (Å²) in [5.41, 5.74) is -0.272. The molecule has 0 bridgehead atoms. The summed E-state index contributed by atoms with van der Waals surface area (Å²) in [6, 6.07) is 5.98. The highest BCUT2D eigenvalue weighted by Gasteiger charge is 2.39. The summed E-state index contributed by atoms with van der Waals surface area (Å²) in [6.07, 6.45) is -3.06.